The SMILES string of the molecule is CCNC1C(Sc2cccc(F)c2)CCC1(C)C. The Morgan fingerprint density at radius 2 is 2.22 bits per heavy atom. The quantitative estimate of drug-likeness (QED) is 0.882. The van der Waals surface area contributed by atoms with Crippen LogP contribution in [0.5, 0.6) is 0 Å². The normalized spacial score (nSPS) is 26.4. The minimum absolute atomic E-state index is 0.141. The summed E-state index contributed by atoms with van der Waals surface area (Å²) in [5.74, 6) is -0.141. The van der Waals surface area contributed by atoms with Crippen LogP contribution in [0, 0.1) is 11.2 Å². The lowest BCUT2D eigenvalue weighted by Gasteiger charge is -2.31. The van der Waals surface area contributed by atoms with E-state index in [-0.39, 0.29) is 5.82 Å². The zero-order valence-electron chi connectivity index (χ0n) is 11.4. The predicted octanol–water partition coefficient (Wildman–Crippen LogP) is 4.08. The van der Waals surface area contributed by atoms with Gasteiger partial charge in [-0.05, 0) is 43.0 Å². The lowest BCUT2D eigenvalue weighted by Crippen LogP contribution is -2.43. The molecule has 0 spiro atoms. The van der Waals surface area contributed by atoms with Crippen LogP contribution in [0.3, 0.4) is 0 Å². The van der Waals surface area contributed by atoms with E-state index in [0.717, 1.165) is 11.4 Å². The van der Waals surface area contributed by atoms with E-state index in [2.05, 4.69) is 26.1 Å². The lowest BCUT2D eigenvalue weighted by atomic mass is 9.87. The zero-order valence-corrected chi connectivity index (χ0v) is 12.2. The fourth-order valence-electron chi connectivity index (χ4n) is 2.81. The molecule has 0 saturated heterocycles. The van der Waals surface area contributed by atoms with Crippen molar-refractivity contribution in [2.45, 2.75) is 49.8 Å². The Kier molecular flexibility index (Phi) is 4.33. The highest BCUT2D eigenvalue weighted by Gasteiger charge is 2.41. The van der Waals surface area contributed by atoms with Gasteiger partial charge in [0.15, 0.2) is 0 Å². The molecule has 1 N–H and O–H groups in total. The van der Waals surface area contributed by atoms with Crippen molar-refractivity contribution in [1.29, 1.82) is 0 Å². The van der Waals surface area contributed by atoms with E-state index in [1.54, 1.807) is 12.1 Å². The third-order valence-corrected chi connectivity index (χ3v) is 5.13. The van der Waals surface area contributed by atoms with Crippen molar-refractivity contribution in [3.05, 3.63) is 30.1 Å². The molecular formula is C15H22FNS. The van der Waals surface area contributed by atoms with E-state index < -0.39 is 0 Å². The standard InChI is InChI=1S/C15H22FNS/c1-4-17-14-13(8-9-15(14,2)3)18-12-7-5-6-11(16)10-12/h5-7,10,13-14,17H,4,8-9H2,1-3H3. The van der Waals surface area contributed by atoms with Gasteiger partial charge in [-0.25, -0.2) is 4.39 Å². The van der Waals surface area contributed by atoms with Crippen LogP contribution in [0.4, 0.5) is 4.39 Å². The fraction of sp³-hybridized carbons (Fsp3) is 0.600. The summed E-state index contributed by atoms with van der Waals surface area (Å²) in [5, 5.41) is 4.15. The van der Waals surface area contributed by atoms with Gasteiger partial charge in [-0.1, -0.05) is 26.8 Å². The first kappa shape index (κ1) is 13.9. The van der Waals surface area contributed by atoms with Crippen molar-refractivity contribution >= 4 is 11.8 Å². The van der Waals surface area contributed by atoms with Gasteiger partial charge in [0, 0.05) is 16.2 Å². The smallest absolute Gasteiger partial charge is 0.124 e. The molecule has 0 radical (unpaired) electrons. The molecule has 0 aromatic heterocycles. The molecule has 0 bridgehead atoms. The Hall–Kier alpha value is -0.540. The monoisotopic (exact) mass is 267 g/mol. The average molecular weight is 267 g/mol. The van der Waals surface area contributed by atoms with E-state index in [9.17, 15) is 4.39 Å². The third kappa shape index (κ3) is 3.07. The molecule has 1 saturated carbocycles. The molecule has 1 aromatic carbocycles. The van der Waals surface area contributed by atoms with Crippen LogP contribution < -0.4 is 5.32 Å². The van der Waals surface area contributed by atoms with E-state index >= 15 is 0 Å². The average Bonchev–Trinajstić information content (AvgIpc) is 2.57. The summed E-state index contributed by atoms with van der Waals surface area (Å²) in [6.45, 7) is 7.80. The van der Waals surface area contributed by atoms with E-state index in [4.69, 9.17) is 0 Å². The molecule has 1 aliphatic rings. The van der Waals surface area contributed by atoms with Gasteiger partial charge in [0.25, 0.3) is 0 Å². The third-order valence-electron chi connectivity index (χ3n) is 3.79. The molecule has 2 atom stereocenters. The van der Waals surface area contributed by atoms with Crippen LogP contribution in [0.25, 0.3) is 0 Å². The number of halogens is 1. The van der Waals surface area contributed by atoms with Gasteiger partial charge in [0.2, 0.25) is 0 Å². The molecule has 18 heavy (non-hydrogen) atoms. The lowest BCUT2D eigenvalue weighted by molar-refractivity contribution is 0.290. The Bertz CT molecular complexity index is 405. The fourth-order valence-corrected chi connectivity index (χ4v) is 4.33. The highest BCUT2D eigenvalue weighted by Crippen LogP contribution is 2.45. The Labute approximate surface area is 114 Å². The molecule has 1 fully saturated rings. The van der Waals surface area contributed by atoms with Crippen molar-refractivity contribution in [2.24, 2.45) is 5.41 Å². The van der Waals surface area contributed by atoms with E-state index in [1.807, 2.05) is 17.8 Å². The largest absolute Gasteiger partial charge is 0.313 e. The predicted molar refractivity (Wildman–Crippen MR) is 76.5 cm³/mol. The van der Waals surface area contributed by atoms with Gasteiger partial charge in [0.1, 0.15) is 5.82 Å². The Morgan fingerprint density at radius 1 is 1.44 bits per heavy atom. The molecule has 2 rings (SSSR count). The summed E-state index contributed by atoms with van der Waals surface area (Å²) < 4.78 is 13.2. The van der Waals surface area contributed by atoms with Crippen LogP contribution in [-0.2, 0) is 0 Å². The van der Waals surface area contributed by atoms with Crippen molar-refractivity contribution in [3.8, 4) is 0 Å². The van der Waals surface area contributed by atoms with Gasteiger partial charge in [-0.2, -0.15) is 0 Å². The topological polar surface area (TPSA) is 12.0 Å². The molecule has 1 aromatic rings. The van der Waals surface area contributed by atoms with Gasteiger partial charge >= 0.3 is 0 Å². The molecule has 2 unspecified atom stereocenters. The van der Waals surface area contributed by atoms with Gasteiger partial charge in [-0.15, -0.1) is 11.8 Å². The highest BCUT2D eigenvalue weighted by atomic mass is 32.2. The first-order valence-electron chi connectivity index (χ1n) is 6.68. The molecule has 0 aliphatic heterocycles. The Balaban J connectivity index is 2.09. The number of nitrogens with one attached hydrogen (secondary N) is 1. The van der Waals surface area contributed by atoms with Crippen LogP contribution in [0.1, 0.15) is 33.6 Å². The van der Waals surface area contributed by atoms with Gasteiger partial charge in [0.05, 0.1) is 0 Å². The van der Waals surface area contributed by atoms with Gasteiger partial charge < -0.3 is 5.32 Å². The van der Waals surface area contributed by atoms with Crippen molar-refractivity contribution < 1.29 is 4.39 Å². The first-order valence-corrected chi connectivity index (χ1v) is 7.56. The second-order valence-corrected chi connectivity index (χ2v) is 6.99. The number of hydrogen-bond donors (Lipinski definition) is 1. The molecule has 3 heteroatoms. The minimum Gasteiger partial charge on any atom is -0.313 e. The summed E-state index contributed by atoms with van der Waals surface area (Å²) in [4.78, 5) is 1.04. The number of rotatable bonds is 4. The first-order chi connectivity index (χ1) is 8.53. The second kappa shape index (κ2) is 5.62. The molecule has 100 valence electrons. The van der Waals surface area contributed by atoms with Crippen molar-refractivity contribution in [1.82, 2.24) is 5.32 Å². The highest BCUT2D eigenvalue weighted by molar-refractivity contribution is 8.00. The van der Waals surface area contributed by atoms with Crippen molar-refractivity contribution in [2.75, 3.05) is 6.54 Å². The van der Waals surface area contributed by atoms with Crippen LogP contribution in [0.2, 0.25) is 0 Å². The number of hydrogen-bond acceptors (Lipinski definition) is 2. The summed E-state index contributed by atoms with van der Waals surface area (Å²) in [6, 6.07) is 7.45. The molecule has 0 amide bonds. The summed E-state index contributed by atoms with van der Waals surface area (Å²) in [7, 11) is 0. The number of benzene rings is 1. The zero-order chi connectivity index (χ0) is 13.2. The molecule has 1 aliphatic carbocycles. The summed E-state index contributed by atoms with van der Waals surface area (Å²) >= 11 is 1.81. The molecule has 0 heterocycles. The molecular weight excluding hydrogens is 245 g/mol. The molecule has 1 nitrogen and oxygen atoms in total. The van der Waals surface area contributed by atoms with Crippen LogP contribution in [-0.4, -0.2) is 17.8 Å². The summed E-state index contributed by atoms with van der Waals surface area (Å²) in [5.41, 5.74) is 0.334. The Morgan fingerprint density at radius 3 is 2.89 bits per heavy atom. The van der Waals surface area contributed by atoms with E-state index in [0.29, 0.717) is 16.7 Å². The summed E-state index contributed by atoms with van der Waals surface area (Å²) in [6.07, 6.45) is 2.43. The van der Waals surface area contributed by atoms with E-state index in [1.165, 1.54) is 18.9 Å². The minimum atomic E-state index is -0.141. The van der Waals surface area contributed by atoms with Crippen molar-refractivity contribution in [3.63, 3.8) is 0 Å². The maximum Gasteiger partial charge on any atom is 0.124 e. The van der Waals surface area contributed by atoms with Crippen LogP contribution >= 0.6 is 11.8 Å². The maximum atomic E-state index is 13.2. The number of thioether (sulfide) groups is 1. The van der Waals surface area contributed by atoms with Crippen LogP contribution in [0.15, 0.2) is 29.2 Å². The van der Waals surface area contributed by atoms with Gasteiger partial charge in [-0.3, -0.25) is 0 Å². The second-order valence-electron chi connectivity index (χ2n) is 5.68. The maximum absolute atomic E-state index is 13.2.